The first-order valence-corrected chi connectivity index (χ1v) is 8.02. The molecular formula is C16H18ClNO4. The van der Waals surface area contributed by atoms with Crippen LogP contribution in [0.5, 0.6) is 0 Å². The third-order valence-electron chi connectivity index (χ3n) is 4.95. The summed E-state index contributed by atoms with van der Waals surface area (Å²) >= 11 is 6.03. The molecule has 3 rings (SSSR count). The molecule has 2 saturated carbocycles. The van der Waals surface area contributed by atoms with Crippen LogP contribution in [-0.2, 0) is 4.79 Å². The van der Waals surface area contributed by atoms with E-state index >= 15 is 0 Å². The van der Waals surface area contributed by atoms with E-state index in [-0.39, 0.29) is 22.4 Å². The molecule has 2 aliphatic carbocycles. The van der Waals surface area contributed by atoms with Crippen molar-refractivity contribution in [2.24, 2.45) is 0 Å². The maximum absolute atomic E-state index is 11.4. The molecule has 6 heteroatoms. The molecule has 0 aliphatic heterocycles. The molecule has 1 aromatic rings. The first-order valence-electron chi connectivity index (χ1n) is 7.64. The van der Waals surface area contributed by atoms with Crippen molar-refractivity contribution < 1.29 is 14.8 Å². The summed E-state index contributed by atoms with van der Waals surface area (Å²) < 4.78 is 0. The Balaban J connectivity index is 1.91. The van der Waals surface area contributed by atoms with E-state index in [1.807, 2.05) is 6.07 Å². The number of benzene rings is 1. The van der Waals surface area contributed by atoms with Gasteiger partial charge in [0.15, 0.2) is 0 Å². The van der Waals surface area contributed by atoms with Gasteiger partial charge in [0.1, 0.15) is 4.87 Å². The van der Waals surface area contributed by atoms with E-state index in [0.29, 0.717) is 12.0 Å². The maximum atomic E-state index is 11.4. The Bertz CT molecular complexity index is 627. The van der Waals surface area contributed by atoms with Crippen molar-refractivity contribution in [3.05, 3.63) is 39.4 Å². The van der Waals surface area contributed by atoms with E-state index in [1.54, 1.807) is 6.07 Å². The predicted octanol–water partition coefficient (Wildman–Crippen LogP) is 4.19. The molecule has 2 fully saturated rings. The number of nitro groups is 1. The second kappa shape index (κ2) is 5.54. The second-order valence-electron chi connectivity index (χ2n) is 6.33. The quantitative estimate of drug-likeness (QED) is 0.511. The molecule has 0 heterocycles. The van der Waals surface area contributed by atoms with Gasteiger partial charge in [-0.25, -0.2) is 0 Å². The lowest BCUT2D eigenvalue weighted by Gasteiger charge is -2.22. The average Bonchev–Trinajstić information content (AvgIpc) is 3.21. The van der Waals surface area contributed by atoms with Gasteiger partial charge in [0.2, 0.25) is 0 Å². The van der Waals surface area contributed by atoms with Gasteiger partial charge in [-0.15, -0.1) is 11.6 Å². The summed E-state index contributed by atoms with van der Waals surface area (Å²) in [6, 6.07) is 5.15. The van der Waals surface area contributed by atoms with Crippen molar-refractivity contribution in [1.82, 2.24) is 0 Å². The molecule has 0 spiro atoms. The van der Waals surface area contributed by atoms with Crippen molar-refractivity contribution in [2.45, 2.75) is 55.2 Å². The maximum Gasteiger partial charge on any atom is 0.325 e. The number of carbonyl (C=O) groups is 1. The van der Waals surface area contributed by atoms with E-state index in [2.05, 4.69) is 0 Å². The van der Waals surface area contributed by atoms with Gasteiger partial charge >= 0.3 is 5.97 Å². The van der Waals surface area contributed by atoms with Crippen molar-refractivity contribution in [3.8, 4) is 0 Å². The first-order chi connectivity index (χ1) is 10.4. The summed E-state index contributed by atoms with van der Waals surface area (Å²) in [5.41, 5.74) is 1.55. The molecule has 0 aromatic heterocycles. The van der Waals surface area contributed by atoms with Crippen LogP contribution in [0.25, 0.3) is 0 Å². The van der Waals surface area contributed by atoms with Gasteiger partial charge < -0.3 is 5.11 Å². The average molecular weight is 324 g/mol. The number of halogens is 1. The third kappa shape index (κ3) is 2.58. The van der Waals surface area contributed by atoms with Crippen LogP contribution in [0.3, 0.4) is 0 Å². The topological polar surface area (TPSA) is 80.4 Å². The number of nitrogens with zero attached hydrogens (tertiary/aromatic N) is 1. The number of carboxylic acid groups (broad SMARTS) is 1. The first kappa shape index (κ1) is 15.3. The lowest BCUT2D eigenvalue weighted by atomic mass is 9.83. The number of aliphatic carboxylic acids is 1. The molecule has 2 atom stereocenters. The van der Waals surface area contributed by atoms with Gasteiger partial charge in [0, 0.05) is 17.5 Å². The van der Waals surface area contributed by atoms with Gasteiger partial charge in [0.25, 0.3) is 5.69 Å². The molecule has 0 bridgehead atoms. The Morgan fingerprint density at radius 3 is 2.55 bits per heavy atom. The van der Waals surface area contributed by atoms with E-state index in [9.17, 15) is 14.9 Å². The van der Waals surface area contributed by atoms with E-state index < -0.39 is 10.8 Å². The van der Waals surface area contributed by atoms with Crippen LogP contribution in [-0.4, -0.2) is 20.9 Å². The highest BCUT2D eigenvalue weighted by molar-refractivity contribution is 6.37. The van der Waals surface area contributed by atoms with Crippen LogP contribution in [0.2, 0.25) is 0 Å². The molecule has 0 amide bonds. The Labute approximate surface area is 133 Å². The Hall–Kier alpha value is -1.62. The summed E-state index contributed by atoms with van der Waals surface area (Å²) in [5, 5.41) is 20.5. The highest BCUT2D eigenvalue weighted by Crippen LogP contribution is 2.57. The van der Waals surface area contributed by atoms with Gasteiger partial charge in [-0.05, 0) is 30.7 Å². The molecule has 2 unspecified atom stereocenters. The molecule has 2 aliphatic rings. The Kier molecular flexibility index (Phi) is 3.85. The lowest BCUT2D eigenvalue weighted by Crippen LogP contribution is -2.16. The molecule has 22 heavy (non-hydrogen) atoms. The SMILES string of the molecule is O=C(O)C1(Cl)CC1c1ccc(C2CCCCC2)c([N+](=O)[O-])c1. The van der Waals surface area contributed by atoms with Gasteiger partial charge in [-0.3, -0.25) is 14.9 Å². The molecule has 1 aromatic carbocycles. The molecule has 0 saturated heterocycles. The van der Waals surface area contributed by atoms with Crippen LogP contribution in [0.4, 0.5) is 5.69 Å². The Morgan fingerprint density at radius 2 is 2.00 bits per heavy atom. The zero-order valence-corrected chi connectivity index (χ0v) is 12.9. The normalized spacial score (nSPS) is 28.3. The fourth-order valence-electron chi connectivity index (χ4n) is 3.55. The number of alkyl halides is 1. The minimum atomic E-state index is -1.29. The van der Waals surface area contributed by atoms with Crippen molar-refractivity contribution in [1.29, 1.82) is 0 Å². The number of hydrogen-bond donors (Lipinski definition) is 1. The Morgan fingerprint density at radius 1 is 1.32 bits per heavy atom. The zero-order chi connectivity index (χ0) is 15.9. The smallest absolute Gasteiger partial charge is 0.325 e. The predicted molar refractivity (Wildman–Crippen MR) is 82.5 cm³/mol. The van der Waals surface area contributed by atoms with Crippen molar-refractivity contribution in [2.75, 3.05) is 0 Å². The summed E-state index contributed by atoms with van der Waals surface area (Å²) in [4.78, 5) is 20.9. The zero-order valence-electron chi connectivity index (χ0n) is 12.1. The van der Waals surface area contributed by atoms with E-state index in [4.69, 9.17) is 16.7 Å². The molecule has 118 valence electrons. The summed E-state index contributed by atoms with van der Waals surface area (Å²) in [6.45, 7) is 0. The van der Waals surface area contributed by atoms with Gasteiger partial charge in [-0.1, -0.05) is 31.4 Å². The summed E-state index contributed by atoms with van der Waals surface area (Å²) in [7, 11) is 0. The highest BCUT2D eigenvalue weighted by atomic mass is 35.5. The summed E-state index contributed by atoms with van der Waals surface area (Å²) in [6.07, 6.45) is 5.70. The van der Waals surface area contributed by atoms with Crippen LogP contribution in [0.15, 0.2) is 18.2 Å². The monoisotopic (exact) mass is 323 g/mol. The summed E-state index contributed by atoms with van der Waals surface area (Å²) in [5.74, 6) is -1.16. The van der Waals surface area contributed by atoms with E-state index in [1.165, 1.54) is 12.5 Å². The van der Waals surface area contributed by atoms with E-state index in [0.717, 1.165) is 31.2 Å². The van der Waals surface area contributed by atoms with Crippen molar-refractivity contribution in [3.63, 3.8) is 0 Å². The number of hydrogen-bond acceptors (Lipinski definition) is 3. The second-order valence-corrected chi connectivity index (χ2v) is 7.01. The third-order valence-corrected chi connectivity index (χ3v) is 5.53. The number of nitro benzene ring substituents is 1. The van der Waals surface area contributed by atoms with Gasteiger partial charge in [0.05, 0.1) is 4.92 Å². The van der Waals surface area contributed by atoms with Crippen LogP contribution < -0.4 is 0 Å². The minimum Gasteiger partial charge on any atom is -0.480 e. The highest BCUT2D eigenvalue weighted by Gasteiger charge is 2.60. The molecular weight excluding hydrogens is 306 g/mol. The largest absolute Gasteiger partial charge is 0.480 e. The van der Waals surface area contributed by atoms with Crippen LogP contribution in [0.1, 0.15) is 61.5 Å². The van der Waals surface area contributed by atoms with Crippen LogP contribution >= 0.6 is 11.6 Å². The number of rotatable bonds is 4. The van der Waals surface area contributed by atoms with Gasteiger partial charge in [-0.2, -0.15) is 0 Å². The van der Waals surface area contributed by atoms with Crippen molar-refractivity contribution >= 4 is 23.3 Å². The fourth-order valence-corrected chi connectivity index (χ4v) is 3.83. The molecule has 0 radical (unpaired) electrons. The standard InChI is InChI=1S/C16H18ClNO4/c17-16(15(19)20)9-13(16)11-6-7-12(14(8-11)18(21)22)10-4-2-1-3-5-10/h6-8,10,13H,1-5,9H2,(H,19,20). The minimum absolute atomic E-state index is 0.112. The fraction of sp³-hybridized carbons (Fsp3) is 0.562. The lowest BCUT2D eigenvalue weighted by molar-refractivity contribution is -0.385. The molecule has 5 nitrogen and oxygen atoms in total. The van der Waals surface area contributed by atoms with Crippen LogP contribution in [0, 0.1) is 10.1 Å². The molecule has 1 N–H and O–H groups in total. The number of carboxylic acids is 1.